The molecule has 1 amide bonds. The van der Waals surface area contributed by atoms with Crippen LogP contribution in [0.3, 0.4) is 0 Å². The summed E-state index contributed by atoms with van der Waals surface area (Å²) in [6, 6.07) is 6.94. The molecule has 0 aromatic heterocycles. The minimum atomic E-state index is -0.0821. The molecule has 1 aromatic carbocycles. The van der Waals surface area contributed by atoms with Crippen LogP contribution in [0.15, 0.2) is 18.2 Å². The minimum absolute atomic E-state index is 0.0821. The minimum Gasteiger partial charge on any atom is -0.482 e. The Morgan fingerprint density at radius 1 is 1.38 bits per heavy atom. The fraction of sp³-hybridized carbons (Fsp3) is 0.588. The summed E-state index contributed by atoms with van der Waals surface area (Å²) < 4.78 is 5.40. The van der Waals surface area contributed by atoms with Crippen molar-refractivity contribution in [3.05, 3.63) is 23.8 Å². The summed E-state index contributed by atoms with van der Waals surface area (Å²) in [5.41, 5.74) is 1.98. The lowest BCUT2D eigenvalue weighted by molar-refractivity contribution is -0.118. The van der Waals surface area contributed by atoms with E-state index >= 15 is 0 Å². The van der Waals surface area contributed by atoms with Crippen LogP contribution in [-0.2, 0) is 4.79 Å². The molecule has 0 radical (unpaired) electrons. The van der Waals surface area contributed by atoms with Gasteiger partial charge in [-0.15, -0.1) is 0 Å². The number of hydrogen-bond acceptors (Lipinski definition) is 3. The molecule has 4 nitrogen and oxygen atoms in total. The topological polar surface area (TPSA) is 50.4 Å². The summed E-state index contributed by atoms with van der Waals surface area (Å²) in [4.78, 5) is 11.4. The zero-order valence-electron chi connectivity index (χ0n) is 12.8. The standard InChI is InChI=1S/C17H24N2O2/c1-11-4-3-5-14(8-11)18-12(2)13-6-7-16-15(9-13)19-17(20)10-21-16/h6-7,9,11-12,14,18H,3-5,8,10H2,1-2H3,(H,19,20). The summed E-state index contributed by atoms with van der Waals surface area (Å²) in [6.07, 6.45) is 5.20. The van der Waals surface area contributed by atoms with E-state index in [0.717, 1.165) is 17.4 Å². The van der Waals surface area contributed by atoms with Crippen molar-refractivity contribution in [3.8, 4) is 5.75 Å². The third-order valence-corrected chi connectivity index (χ3v) is 4.56. The lowest BCUT2D eigenvalue weighted by Crippen LogP contribution is -2.35. The molecule has 1 saturated carbocycles. The van der Waals surface area contributed by atoms with Gasteiger partial charge in [0.05, 0.1) is 5.69 Å². The van der Waals surface area contributed by atoms with Crippen LogP contribution in [0.4, 0.5) is 5.69 Å². The molecule has 21 heavy (non-hydrogen) atoms. The summed E-state index contributed by atoms with van der Waals surface area (Å²) in [7, 11) is 0. The van der Waals surface area contributed by atoms with Gasteiger partial charge in [0.15, 0.2) is 6.61 Å². The Kier molecular flexibility index (Phi) is 4.15. The van der Waals surface area contributed by atoms with E-state index in [0.29, 0.717) is 6.04 Å². The number of rotatable bonds is 3. The highest BCUT2D eigenvalue weighted by molar-refractivity contribution is 5.95. The van der Waals surface area contributed by atoms with Gasteiger partial charge in [0.25, 0.3) is 5.91 Å². The quantitative estimate of drug-likeness (QED) is 0.897. The maximum Gasteiger partial charge on any atom is 0.262 e. The van der Waals surface area contributed by atoms with E-state index in [2.05, 4.69) is 30.5 Å². The number of nitrogens with one attached hydrogen (secondary N) is 2. The Morgan fingerprint density at radius 3 is 3.05 bits per heavy atom. The van der Waals surface area contributed by atoms with Crippen LogP contribution >= 0.6 is 0 Å². The zero-order valence-corrected chi connectivity index (χ0v) is 12.8. The second-order valence-electron chi connectivity index (χ2n) is 6.45. The number of benzene rings is 1. The third kappa shape index (κ3) is 3.38. The van der Waals surface area contributed by atoms with E-state index in [4.69, 9.17) is 4.74 Å². The molecule has 4 heteroatoms. The van der Waals surface area contributed by atoms with Crippen LogP contribution in [0.2, 0.25) is 0 Å². The molecule has 2 aliphatic rings. The number of carbonyl (C=O) groups excluding carboxylic acids is 1. The first kappa shape index (κ1) is 14.4. The molecule has 3 unspecified atom stereocenters. The Hall–Kier alpha value is -1.55. The molecule has 0 bridgehead atoms. The molecule has 1 fully saturated rings. The molecular formula is C17H24N2O2. The van der Waals surface area contributed by atoms with Crippen LogP contribution in [0.5, 0.6) is 5.75 Å². The van der Waals surface area contributed by atoms with E-state index in [1.54, 1.807) is 0 Å². The van der Waals surface area contributed by atoms with Gasteiger partial charge in [0.2, 0.25) is 0 Å². The highest BCUT2D eigenvalue weighted by atomic mass is 16.5. The number of amides is 1. The van der Waals surface area contributed by atoms with E-state index < -0.39 is 0 Å². The van der Waals surface area contributed by atoms with Gasteiger partial charge in [-0.1, -0.05) is 25.8 Å². The molecule has 2 N–H and O–H groups in total. The van der Waals surface area contributed by atoms with Crippen molar-refractivity contribution in [3.63, 3.8) is 0 Å². The van der Waals surface area contributed by atoms with Gasteiger partial charge < -0.3 is 15.4 Å². The van der Waals surface area contributed by atoms with Crippen LogP contribution in [0.25, 0.3) is 0 Å². The SMILES string of the molecule is CC1CCCC(NC(C)c2ccc3c(c2)NC(=O)CO3)C1. The molecule has 1 aliphatic heterocycles. The second-order valence-corrected chi connectivity index (χ2v) is 6.45. The smallest absolute Gasteiger partial charge is 0.262 e. The first-order valence-corrected chi connectivity index (χ1v) is 7.94. The first-order chi connectivity index (χ1) is 10.1. The molecule has 3 atom stereocenters. The molecular weight excluding hydrogens is 264 g/mol. The predicted octanol–water partition coefficient (Wildman–Crippen LogP) is 3.25. The van der Waals surface area contributed by atoms with Crippen molar-refractivity contribution in [1.29, 1.82) is 0 Å². The van der Waals surface area contributed by atoms with Crippen molar-refractivity contribution < 1.29 is 9.53 Å². The number of anilines is 1. The van der Waals surface area contributed by atoms with Crippen molar-refractivity contribution in [1.82, 2.24) is 5.32 Å². The van der Waals surface area contributed by atoms with Gasteiger partial charge in [-0.05, 0) is 43.4 Å². The largest absolute Gasteiger partial charge is 0.482 e. The lowest BCUT2D eigenvalue weighted by Gasteiger charge is -2.30. The van der Waals surface area contributed by atoms with E-state index in [1.807, 2.05) is 12.1 Å². The highest BCUT2D eigenvalue weighted by Crippen LogP contribution is 2.31. The number of hydrogen-bond donors (Lipinski definition) is 2. The number of fused-ring (bicyclic) bond motifs is 1. The van der Waals surface area contributed by atoms with E-state index in [9.17, 15) is 4.79 Å². The monoisotopic (exact) mass is 288 g/mol. The summed E-state index contributed by atoms with van der Waals surface area (Å²) in [6.45, 7) is 4.64. The highest BCUT2D eigenvalue weighted by Gasteiger charge is 2.22. The Bertz CT molecular complexity index is 530. The average molecular weight is 288 g/mol. The Balaban J connectivity index is 1.68. The Morgan fingerprint density at radius 2 is 2.24 bits per heavy atom. The van der Waals surface area contributed by atoms with Crippen LogP contribution in [0, 0.1) is 5.92 Å². The predicted molar refractivity (Wildman–Crippen MR) is 83.5 cm³/mol. The maximum atomic E-state index is 11.4. The van der Waals surface area contributed by atoms with Crippen molar-refractivity contribution in [2.75, 3.05) is 11.9 Å². The summed E-state index contributed by atoms with van der Waals surface area (Å²) >= 11 is 0. The zero-order chi connectivity index (χ0) is 14.8. The third-order valence-electron chi connectivity index (χ3n) is 4.56. The number of ether oxygens (including phenoxy) is 1. The van der Waals surface area contributed by atoms with Gasteiger partial charge >= 0.3 is 0 Å². The van der Waals surface area contributed by atoms with Crippen LogP contribution in [-0.4, -0.2) is 18.6 Å². The molecule has 0 saturated heterocycles. The lowest BCUT2D eigenvalue weighted by atomic mass is 9.86. The van der Waals surface area contributed by atoms with E-state index in [1.165, 1.54) is 31.2 Å². The first-order valence-electron chi connectivity index (χ1n) is 7.94. The second kappa shape index (κ2) is 6.06. The summed E-state index contributed by atoms with van der Waals surface area (Å²) in [5, 5.41) is 6.60. The van der Waals surface area contributed by atoms with Gasteiger partial charge in [0.1, 0.15) is 5.75 Å². The van der Waals surface area contributed by atoms with Gasteiger partial charge in [-0.3, -0.25) is 4.79 Å². The van der Waals surface area contributed by atoms with Crippen molar-refractivity contribution in [2.45, 2.75) is 51.6 Å². The fourth-order valence-corrected chi connectivity index (χ4v) is 3.41. The molecule has 114 valence electrons. The van der Waals surface area contributed by atoms with Crippen LogP contribution < -0.4 is 15.4 Å². The Labute approximate surface area is 126 Å². The molecule has 3 rings (SSSR count). The molecule has 1 heterocycles. The molecule has 1 aliphatic carbocycles. The van der Waals surface area contributed by atoms with Gasteiger partial charge in [-0.25, -0.2) is 0 Å². The maximum absolute atomic E-state index is 11.4. The number of carbonyl (C=O) groups is 1. The molecule has 1 aromatic rings. The van der Waals surface area contributed by atoms with Gasteiger partial charge in [-0.2, -0.15) is 0 Å². The molecule has 0 spiro atoms. The van der Waals surface area contributed by atoms with E-state index in [-0.39, 0.29) is 18.6 Å². The average Bonchev–Trinajstić information content (AvgIpc) is 2.46. The fourth-order valence-electron chi connectivity index (χ4n) is 3.41. The normalized spacial score (nSPS) is 26.5. The van der Waals surface area contributed by atoms with Crippen molar-refractivity contribution in [2.24, 2.45) is 5.92 Å². The van der Waals surface area contributed by atoms with Crippen molar-refractivity contribution >= 4 is 11.6 Å². The summed E-state index contributed by atoms with van der Waals surface area (Å²) in [5.74, 6) is 1.50. The van der Waals surface area contributed by atoms with Gasteiger partial charge in [0, 0.05) is 12.1 Å². The van der Waals surface area contributed by atoms with Crippen LogP contribution in [0.1, 0.15) is 51.1 Å².